The number of rotatable bonds is 4. The van der Waals surface area contributed by atoms with Crippen molar-refractivity contribution in [3.05, 3.63) is 70.2 Å². The molecule has 0 aliphatic heterocycles. The summed E-state index contributed by atoms with van der Waals surface area (Å²) >= 11 is 5.93. The van der Waals surface area contributed by atoms with E-state index >= 15 is 0 Å². The van der Waals surface area contributed by atoms with Crippen LogP contribution < -0.4 is 5.73 Å². The van der Waals surface area contributed by atoms with Crippen molar-refractivity contribution < 1.29 is 5.11 Å². The average molecular weight is 312 g/mol. The van der Waals surface area contributed by atoms with Gasteiger partial charge in [0.1, 0.15) is 0 Å². The van der Waals surface area contributed by atoms with Crippen molar-refractivity contribution in [2.75, 3.05) is 0 Å². The van der Waals surface area contributed by atoms with Crippen molar-refractivity contribution in [1.29, 1.82) is 0 Å². The molecule has 0 fully saturated rings. The molecule has 3 N–H and O–H groups in total. The third-order valence-electron chi connectivity index (χ3n) is 3.29. The summed E-state index contributed by atoms with van der Waals surface area (Å²) in [6.45, 7) is 1.95. The Bertz CT molecular complexity index is 545. The zero-order valence-corrected chi connectivity index (χ0v) is 12.9. The topological polar surface area (TPSA) is 46.2 Å². The third-order valence-corrected chi connectivity index (χ3v) is 3.53. The molecule has 2 aromatic rings. The Morgan fingerprint density at radius 1 is 1.15 bits per heavy atom. The molecule has 0 amide bonds. The molecule has 0 bridgehead atoms. The second kappa shape index (κ2) is 7.65. The first-order chi connectivity index (χ1) is 9.08. The largest absolute Gasteiger partial charge is 0.391 e. The number of aryl methyl sites for hydroxylation is 1. The highest BCUT2D eigenvalue weighted by Crippen LogP contribution is 2.23. The quantitative estimate of drug-likeness (QED) is 0.905. The maximum absolute atomic E-state index is 10.3. The normalized spacial score (nSPS) is 13.4. The molecular weight excluding hydrogens is 293 g/mol. The lowest BCUT2D eigenvalue weighted by atomic mass is 9.94. The molecule has 0 saturated carbocycles. The highest BCUT2D eigenvalue weighted by atomic mass is 35.5. The number of halogens is 2. The number of nitrogens with two attached hydrogens (primary N) is 1. The molecule has 0 unspecified atom stereocenters. The van der Waals surface area contributed by atoms with Crippen LogP contribution in [0.1, 0.15) is 22.7 Å². The van der Waals surface area contributed by atoms with E-state index in [0.29, 0.717) is 11.4 Å². The van der Waals surface area contributed by atoms with E-state index < -0.39 is 12.1 Å². The van der Waals surface area contributed by atoms with Crippen LogP contribution in [-0.2, 0) is 6.42 Å². The zero-order valence-electron chi connectivity index (χ0n) is 11.3. The maximum Gasteiger partial charge on any atom is 0.0773 e. The molecule has 2 nitrogen and oxygen atoms in total. The number of aliphatic hydroxyl groups is 1. The summed E-state index contributed by atoms with van der Waals surface area (Å²) in [4.78, 5) is 0. The fraction of sp³-hybridized carbons (Fsp3) is 0.250. The highest BCUT2D eigenvalue weighted by molar-refractivity contribution is 6.30. The monoisotopic (exact) mass is 311 g/mol. The minimum Gasteiger partial charge on any atom is -0.391 e. The van der Waals surface area contributed by atoms with Gasteiger partial charge in [-0.25, -0.2) is 0 Å². The van der Waals surface area contributed by atoms with Gasteiger partial charge in [-0.15, -0.1) is 12.4 Å². The molecular formula is C16H19Cl2NO. The van der Waals surface area contributed by atoms with Gasteiger partial charge in [-0.1, -0.05) is 48.0 Å². The standard InChI is InChI=1S/C16H18ClNO.ClH/c1-11-9-13(17)7-8-14(11)16(18)15(19)10-12-5-3-2-4-6-12;/h2-9,15-16,19H,10,18H2,1H3;1H/t15-,16+;/m1./s1. The SMILES string of the molecule is Cc1cc(Cl)ccc1[C@H](N)[C@H](O)Cc1ccccc1.Cl. The van der Waals surface area contributed by atoms with Gasteiger partial charge in [-0.3, -0.25) is 0 Å². The molecule has 2 atom stereocenters. The second-order valence-corrected chi connectivity index (χ2v) is 5.22. The van der Waals surface area contributed by atoms with Crippen molar-refractivity contribution in [2.24, 2.45) is 5.73 Å². The molecule has 108 valence electrons. The van der Waals surface area contributed by atoms with Gasteiger partial charge in [0.15, 0.2) is 0 Å². The molecule has 0 aliphatic rings. The lowest BCUT2D eigenvalue weighted by Crippen LogP contribution is -2.28. The number of hydrogen-bond acceptors (Lipinski definition) is 2. The Labute approximate surface area is 131 Å². The van der Waals surface area contributed by atoms with Gasteiger partial charge in [0.25, 0.3) is 0 Å². The Hall–Kier alpha value is -1.06. The summed E-state index contributed by atoms with van der Waals surface area (Å²) in [5.74, 6) is 0. The van der Waals surface area contributed by atoms with E-state index in [4.69, 9.17) is 17.3 Å². The molecule has 0 spiro atoms. The van der Waals surface area contributed by atoms with E-state index in [2.05, 4.69) is 0 Å². The van der Waals surface area contributed by atoms with Crippen LogP contribution in [-0.4, -0.2) is 11.2 Å². The number of hydrogen-bond donors (Lipinski definition) is 2. The van der Waals surface area contributed by atoms with Crippen molar-refractivity contribution >= 4 is 24.0 Å². The Morgan fingerprint density at radius 2 is 1.80 bits per heavy atom. The second-order valence-electron chi connectivity index (χ2n) is 4.78. The van der Waals surface area contributed by atoms with Crippen LogP contribution in [0, 0.1) is 6.92 Å². The molecule has 0 saturated heterocycles. The lowest BCUT2D eigenvalue weighted by Gasteiger charge is -2.21. The van der Waals surface area contributed by atoms with Gasteiger partial charge in [-0.05, 0) is 35.7 Å². The summed E-state index contributed by atoms with van der Waals surface area (Å²) in [6.07, 6.45) is -0.0633. The lowest BCUT2D eigenvalue weighted by molar-refractivity contribution is 0.145. The molecule has 4 heteroatoms. The molecule has 0 aromatic heterocycles. The van der Waals surface area contributed by atoms with E-state index in [1.807, 2.05) is 49.4 Å². The summed E-state index contributed by atoms with van der Waals surface area (Å²) in [5.41, 5.74) is 9.17. The first kappa shape index (κ1) is 17.0. The Balaban J connectivity index is 0.00000200. The molecule has 2 rings (SSSR count). The van der Waals surface area contributed by atoms with Crippen LogP contribution in [0.25, 0.3) is 0 Å². The van der Waals surface area contributed by atoms with Crippen LogP contribution in [0.4, 0.5) is 0 Å². The molecule has 0 heterocycles. The summed E-state index contributed by atoms with van der Waals surface area (Å²) < 4.78 is 0. The minimum atomic E-state index is -0.609. The van der Waals surface area contributed by atoms with Crippen molar-refractivity contribution in [3.8, 4) is 0 Å². The number of benzene rings is 2. The van der Waals surface area contributed by atoms with Crippen LogP contribution in [0.15, 0.2) is 48.5 Å². The fourth-order valence-electron chi connectivity index (χ4n) is 2.20. The van der Waals surface area contributed by atoms with E-state index in [-0.39, 0.29) is 12.4 Å². The van der Waals surface area contributed by atoms with Crippen LogP contribution in [0.2, 0.25) is 5.02 Å². The predicted octanol–water partition coefficient (Wildman–Crippen LogP) is 3.67. The third kappa shape index (κ3) is 4.22. The van der Waals surface area contributed by atoms with Crippen molar-refractivity contribution in [2.45, 2.75) is 25.5 Å². The molecule has 2 aromatic carbocycles. The summed E-state index contributed by atoms with van der Waals surface area (Å²) in [6, 6.07) is 15.0. The Kier molecular flexibility index (Phi) is 6.50. The molecule has 0 aliphatic carbocycles. The van der Waals surface area contributed by atoms with Gasteiger partial charge in [0, 0.05) is 11.4 Å². The van der Waals surface area contributed by atoms with Gasteiger partial charge in [0.05, 0.1) is 12.1 Å². The first-order valence-electron chi connectivity index (χ1n) is 6.31. The van der Waals surface area contributed by atoms with Crippen LogP contribution in [0.5, 0.6) is 0 Å². The zero-order chi connectivity index (χ0) is 13.8. The summed E-state index contributed by atoms with van der Waals surface area (Å²) in [5, 5.41) is 10.9. The van der Waals surface area contributed by atoms with Crippen molar-refractivity contribution in [3.63, 3.8) is 0 Å². The van der Waals surface area contributed by atoms with E-state index in [1.165, 1.54) is 0 Å². The minimum absolute atomic E-state index is 0. The highest BCUT2D eigenvalue weighted by Gasteiger charge is 2.18. The van der Waals surface area contributed by atoms with Gasteiger partial charge >= 0.3 is 0 Å². The van der Waals surface area contributed by atoms with Gasteiger partial charge < -0.3 is 10.8 Å². The van der Waals surface area contributed by atoms with Gasteiger partial charge in [0.2, 0.25) is 0 Å². The van der Waals surface area contributed by atoms with Crippen molar-refractivity contribution in [1.82, 2.24) is 0 Å². The molecule has 20 heavy (non-hydrogen) atoms. The van der Waals surface area contributed by atoms with Crippen LogP contribution in [0.3, 0.4) is 0 Å². The molecule has 0 radical (unpaired) electrons. The van der Waals surface area contributed by atoms with Gasteiger partial charge in [-0.2, -0.15) is 0 Å². The predicted molar refractivity (Wildman–Crippen MR) is 86.5 cm³/mol. The van der Waals surface area contributed by atoms with E-state index in [1.54, 1.807) is 6.07 Å². The van der Waals surface area contributed by atoms with E-state index in [9.17, 15) is 5.11 Å². The summed E-state index contributed by atoms with van der Waals surface area (Å²) in [7, 11) is 0. The first-order valence-corrected chi connectivity index (χ1v) is 6.69. The number of aliphatic hydroxyl groups excluding tert-OH is 1. The van der Waals surface area contributed by atoms with Crippen LogP contribution >= 0.6 is 24.0 Å². The van der Waals surface area contributed by atoms with E-state index in [0.717, 1.165) is 16.7 Å². The maximum atomic E-state index is 10.3. The average Bonchev–Trinajstić information content (AvgIpc) is 2.39. The Morgan fingerprint density at radius 3 is 2.40 bits per heavy atom. The fourth-order valence-corrected chi connectivity index (χ4v) is 2.43. The smallest absolute Gasteiger partial charge is 0.0773 e.